The van der Waals surface area contributed by atoms with Gasteiger partial charge in [0.05, 0.1) is 0 Å². The van der Waals surface area contributed by atoms with E-state index in [1.165, 1.54) is 19.3 Å². The fraction of sp³-hybridized carbons (Fsp3) is 0.750. The summed E-state index contributed by atoms with van der Waals surface area (Å²) >= 11 is 0. The molecule has 1 heterocycles. The van der Waals surface area contributed by atoms with Gasteiger partial charge in [-0.1, -0.05) is 25.8 Å². The maximum Gasteiger partial charge on any atom is 0.0259 e. The Balaban J connectivity index is 2.26. The Morgan fingerprint density at radius 1 is 1.57 bits per heavy atom. The smallest absolute Gasteiger partial charge is 0.0259 e. The van der Waals surface area contributed by atoms with Gasteiger partial charge >= 0.3 is 0 Å². The second kappa shape index (κ2) is 7.02. The first-order chi connectivity index (χ1) is 6.88. The maximum absolute atomic E-state index is 3.82. The van der Waals surface area contributed by atoms with Crippen LogP contribution in [0.15, 0.2) is 12.7 Å². The minimum atomic E-state index is 0.637. The standard InChI is InChI=1S/C12H23N2/c1-3-5-6-9-14-10-8-13-11-12(14)7-4-2/h4,9,12-13H,2-3,5-8,10-11H2,1H3. The van der Waals surface area contributed by atoms with E-state index in [2.05, 4.69) is 30.3 Å². The molecule has 0 bridgehead atoms. The van der Waals surface area contributed by atoms with E-state index in [9.17, 15) is 0 Å². The third kappa shape index (κ3) is 3.81. The topological polar surface area (TPSA) is 15.3 Å². The lowest BCUT2D eigenvalue weighted by Gasteiger charge is -2.35. The van der Waals surface area contributed by atoms with Crippen molar-refractivity contribution in [2.75, 3.05) is 19.6 Å². The molecule has 1 atom stereocenters. The quantitative estimate of drug-likeness (QED) is 0.516. The monoisotopic (exact) mass is 195 g/mol. The lowest BCUT2D eigenvalue weighted by atomic mass is 10.1. The van der Waals surface area contributed by atoms with Gasteiger partial charge in [-0.25, -0.2) is 0 Å². The van der Waals surface area contributed by atoms with E-state index in [1.807, 2.05) is 6.08 Å². The molecule has 0 spiro atoms. The van der Waals surface area contributed by atoms with Crippen LogP contribution in [0.1, 0.15) is 32.6 Å². The predicted molar refractivity (Wildman–Crippen MR) is 62.0 cm³/mol. The van der Waals surface area contributed by atoms with Crippen LogP contribution in [0, 0.1) is 6.54 Å². The largest absolute Gasteiger partial charge is 0.314 e. The second-order valence-corrected chi connectivity index (χ2v) is 3.94. The number of hydrogen-bond donors (Lipinski definition) is 1. The summed E-state index contributed by atoms with van der Waals surface area (Å²) in [5.74, 6) is 0. The van der Waals surface area contributed by atoms with Gasteiger partial charge in [0.15, 0.2) is 0 Å². The van der Waals surface area contributed by atoms with E-state index in [0.717, 1.165) is 26.1 Å². The lowest BCUT2D eigenvalue weighted by molar-refractivity contribution is 0.196. The van der Waals surface area contributed by atoms with Gasteiger partial charge in [-0.3, -0.25) is 4.90 Å². The SMILES string of the molecule is C=CCC1CNCCN1[CH]CCCC. The zero-order valence-corrected chi connectivity index (χ0v) is 9.34. The van der Waals surface area contributed by atoms with Gasteiger partial charge < -0.3 is 5.32 Å². The van der Waals surface area contributed by atoms with Crippen molar-refractivity contribution in [2.24, 2.45) is 0 Å². The molecule has 1 fully saturated rings. The van der Waals surface area contributed by atoms with Gasteiger partial charge in [0, 0.05) is 32.2 Å². The van der Waals surface area contributed by atoms with E-state index in [-0.39, 0.29) is 0 Å². The zero-order valence-electron chi connectivity index (χ0n) is 9.34. The van der Waals surface area contributed by atoms with Crippen molar-refractivity contribution < 1.29 is 0 Å². The van der Waals surface area contributed by atoms with Crippen molar-refractivity contribution in [3.8, 4) is 0 Å². The summed E-state index contributed by atoms with van der Waals surface area (Å²) in [6, 6.07) is 0.637. The molecule has 0 aromatic heterocycles. The van der Waals surface area contributed by atoms with Gasteiger partial charge in [0.25, 0.3) is 0 Å². The van der Waals surface area contributed by atoms with Crippen LogP contribution >= 0.6 is 0 Å². The molecule has 14 heavy (non-hydrogen) atoms. The van der Waals surface area contributed by atoms with E-state index in [0.29, 0.717) is 6.04 Å². The van der Waals surface area contributed by atoms with Crippen LogP contribution in [0.4, 0.5) is 0 Å². The molecule has 2 heteroatoms. The minimum absolute atomic E-state index is 0.637. The van der Waals surface area contributed by atoms with Gasteiger partial charge in [0.1, 0.15) is 0 Å². The van der Waals surface area contributed by atoms with Crippen LogP contribution in [0.3, 0.4) is 0 Å². The van der Waals surface area contributed by atoms with Gasteiger partial charge in [0.2, 0.25) is 0 Å². The molecule has 2 nitrogen and oxygen atoms in total. The van der Waals surface area contributed by atoms with Crippen molar-refractivity contribution in [1.82, 2.24) is 10.2 Å². The summed E-state index contributed by atoms with van der Waals surface area (Å²) in [6.45, 7) is 11.8. The normalized spacial score (nSPS) is 23.6. The van der Waals surface area contributed by atoms with E-state index < -0.39 is 0 Å². The molecule has 1 saturated heterocycles. The fourth-order valence-corrected chi connectivity index (χ4v) is 1.89. The second-order valence-electron chi connectivity index (χ2n) is 3.94. The first kappa shape index (κ1) is 11.7. The number of unbranched alkanes of at least 4 members (excludes halogenated alkanes) is 2. The highest BCUT2D eigenvalue weighted by Gasteiger charge is 2.19. The Bertz CT molecular complexity index is 156. The van der Waals surface area contributed by atoms with Gasteiger partial charge in [-0.05, 0) is 12.8 Å². The summed E-state index contributed by atoms with van der Waals surface area (Å²) in [4.78, 5) is 2.49. The molecule has 1 radical (unpaired) electrons. The highest BCUT2D eigenvalue weighted by Crippen LogP contribution is 2.12. The summed E-state index contributed by atoms with van der Waals surface area (Å²) in [5.41, 5.74) is 0. The molecule has 1 N–H and O–H groups in total. The summed E-state index contributed by atoms with van der Waals surface area (Å²) in [6.07, 6.45) is 6.94. The molecule has 0 aliphatic carbocycles. The Labute approximate surface area is 88.4 Å². The Morgan fingerprint density at radius 2 is 2.43 bits per heavy atom. The maximum atomic E-state index is 3.82. The van der Waals surface area contributed by atoms with Gasteiger partial charge in [-0.2, -0.15) is 0 Å². The Hall–Kier alpha value is -0.340. The van der Waals surface area contributed by atoms with Crippen LogP contribution in [0.2, 0.25) is 0 Å². The van der Waals surface area contributed by atoms with E-state index >= 15 is 0 Å². The highest BCUT2D eigenvalue weighted by atomic mass is 15.2. The number of nitrogens with zero attached hydrogens (tertiary/aromatic N) is 1. The first-order valence-electron chi connectivity index (χ1n) is 5.79. The summed E-state index contributed by atoms with van der Waals surface area (Å²) in [7, 11) is 0. The third-order valence-electron chi connectivity index (χ3n) is 2.76. The van der Waals surface area contributed by atoms with E-state index in [4.69, 9.17) is 0 Å². The van der Waals surface area contributed by atoms with E-state index in [1.54, 1.807) is 0 Å². The molecular weight excluding hydrogens is 172 g/mol. The van der Waals surface area contributed by atoms with Crippen LogP contribution in [-0.2, 0) is 0 Å². The molecule has 81 valence electrons. The van der Waals surface area contributed by atoms with Gasteiger partial charge in [-0.15, -0.1) is 6.58 Å². The average Bonchev–Trinajstić information content (AvgIpc) is 2.21. The van der Waals surface area contributed by atoms with Crippen molar-refractivity contribution in [1.29, 1.82) is 0 Å². The minimum Gasteiger partial charge on any atom is -0.314 e. The van der Waals surface area contributed by atoms with Crippen LogP contribution in [-0.4, -0.2) is 30.6 Å². The average molecular weight is 195 g/mol. The summed E-state index contributed by atoms with van der Waals surface area (Å²) < 4.78 is 0. The van der Waals surface area contributed by atoms with Crippen LogP contribution in [0.5, 0.6) is 0 Å². The molecule has 0 aromatic rings. The third-order valence-corrected chi connectivity index (χ3v) is 2.76. The van der Waals surface area contributed by atoms with Crippen molar-refractivity contribution in [2.45, 2.75) is 38.6 Å². The van der Waals surface area contributed by atoms with Crippen LogP contribution < -0.4 is 5.32 Å². The number of hydrogen-bond acceptors (Lipinski definition) is 2. The zero-order chi connectivity index (χ0) is 10.2. The molecule has 1 rings (SSSR count). The molecule has 0 saturated carbocycles. The summed E-state index contributed by atoms with van der Waals surface area (Å²) in [5, 5.41) is 3.43. The highest BCUT2D eigenvalue weighted by molar-refractivity contribution is 4.88. The van der Waals surface area contributed by atoms with Crippen molar-refractivity contribution in [3.63, 3.8) is 0 Å². The van der Waals surface area contributed by atoms with Crippen molar-refractivity contribution in [3.05, 3.63) is 19.2 Å². The number of nitrogens with one attached hydrogen (secondary N) is 1. The number of rotatable bonds is 6. The molecule has 1 aliphatic heterocycles. The van der Waals surface area contributed by atoms with Crippen LogP contribution in [0.25, 0.3) is 0 Å². The molecule has 1 aliphatic rings. The number of piperazine rings is 1. The Kier molecular flexibility index (Phi) is 5.88. The lowest BCUT2D eigenvalue weighted by Crippen LogP contribution is -2.49. The predicted octanol–water partition coefficient (Wildman–Crippen LogP) is 2.19. The van der Waals surface area contributed by atoms with Crippen molar-refractivity contribution >= 4 is 0 Å². The molecule has 1 unspecified atom stereocenters. The molecule has 0 amide bonds. The fourth-order valence-electron chi connectivity index (χ4n) is 1.89. The Morgan fingerprint density at radius 3 is 3.14 bits per heavy atom. The molecule has 0 aromatic carbocycles. The molecular formula is C12H23N2. The first-order valence-corrected chi connectivity index (χ1v) is 5.79.